The van der Waals surface area contributed by atoms with Gasteiger partial charge in [-0.15, -0.1) is 11.6 Å². The van der Waals surface area contributed by atoms with Gasteiger partial charge >= 0.3 is 17.9 Å². The van der Waals surface area contributed by atoms with Crippen molar-refractivity contribution in [3.8, 4) is 0 Å². The van der Waals surface area contributed by atoms with Crippen LogP contribution in [0.5, 0.6) is 0 Å². The second-order valence-electron chi connectivity index (χ2n) is 20.6. The van der Waals surface area contributed by atoms with Crippen molar-refractivity contribution in [2.24, 2.45) is 17.2 Å². The highest BCUT2D eigenvalue weighted by Crippen LogP contribution is 2.15. The van der Waals surface area contributed by atoms with Gasteiger partial charge in [0, 0.05) is 0 Å². The van der Waals surface area contributed by atoms with Crippen LogP contribution in [0.15, 0.2) is 11.8 Å². The number of alkyl halides is 1. The van der Waals surface area contributed by atoms with Gasteiger partial charge in [-0.25, -0.2) is 9.59 Å². The Hall–Kier alpha value is -6.61. The fourth-order valence-corrected chi connectivity index (χ4v) is 8.76. The normalized spacial score (nSPS) is 24.2. The number of hydrogen-bond acceptors (Lipinski definition) is 20. The molecule has 1 rings (SSSR count). The maximum Gasteiger partial charge on any atom is 0.335 e. The summed E-state index contributed by atoms with van der Waals surface area (Å²) in [6.45, 7) is 2.61. The van der Waals surface area contributed by atoms with Crippen molar-refractivity contribution < 1.29 is 92.9 Å². The lowest BCUT2D eigenvalue weighted by Crippen LogP contribution is -2.63. The Kier molecular flexibility index (Phi) is 38.0. The molecular weight excluding hydrogens is 1140 g/mol. The zero-order chi connectivity index (χ0) is 64.2. The molecule has 9 amide bonds. The zero-order valence-corrected chi connectivity index (χ0v) is 49.3. The molecule has 32 heteroatoms. The van der Waals surface area contributed by atoms with E-state index in [1.165, 1.54) is 26.2 Å². The molecule has 1 fully saturated rings. The molecule has 1 aliphatic rings. The number of rotatable bonds is 30. The molecule has 0 radical (unpaired) electrons. The number of carboxylic acids is 2. The molecule has 21 N–H and O–H groups in total. The Balaban J connectivity index is 3.93. The Morgan fingerprint density at radius 1 is 0.612 bits per heavy atom. The van der Waals surface area contributed by atoms with E-state index in [-0.39, 0.29) is 45.3 Å². The largest absolute Gasteiger partial charge is 0.481 e. The van der Waals surface area contributed by atoms with Gasteiger partial charge < -0.3 is 100 Å². The third-order valence-electron chi connectivity index (χ3n) is 13.5. The highest BCUT2D eigenvalue weighted by atomic mass is 35.5. The molecule has 484 valence electrons. The van der Waals surface area contributed by atoms with Crippen LogP contribution in [-0.2, 0) is 62.3 Å². The van der Waals surface area contributed by atoms with Crippen LogP contribution >= 0.6 is 11.6 Å². The molecule has 0 spiro atoms. The van der Waals surface area contributed by atoms with Gasteiger partial charge in [0.05, 0.1) is 37.0 Å². The van der Waals surface area contributed by atoms with E-state index in [4.69, 9.17) is 33.5 Å². The predicted octanol–water partition coefficient (Wildman–Crippen LogP) is -4.38. The number of allylic oxidation sites excluding steroid dienone is 1. The molecule has 31 nitrogen and oxygen atoms in total. The van der Waals surface area contributed by atoms with Crippen molar-refractivity contribution in [3.05, 3.63) is 11.8 Å². The minimum atomic E-state index is -2.77. The standard InChI is InChI=1S/C53H91ClN12O19/c1-4-6-7-8-9-10-11-12-13-14-15-18-30(68)25-38(70)58-36-28-85-53(84)41(37(69)27-54)65-44(74)31(5-2)59-50(80)40(29(3)67)64-47(77)34(21-24-57)62-51(81)42(43(73)52(82)83)66-46(76)32(19-16-17-22-55)60-48(78)35(26-39(71)72)63-45(75)33(20-23-56)61-49(36)79/h5,29-30,32-37,40-43,67-69,73H,4,6-28,55-57H2,1-3H3,(H,58,70)(H,59,80)(H,60,78)(H,61,79)(H,62,81)(H,63,75)(H,64,77)(H,65,74)(H,66,76)(H,71,72)(H,82,83)/b31-5+/t29-,30-,32?,33?,34-,35-,36?,37+,40?,41?,42?,43-/m0/s1. The second kappa shape index (κ2) is 42.2. The molecule has 0 bridgehead atoms. The summed E-state index contributed by atoms with van der Waals surface area (Å²) in [6.07, 6.45) is 2.08. The van der Waals surface area contributed by atoms with E-state index in [0.29, 0.717) is 6.42 Å². The molecule has 1 aliphatic heterocycles. The number of carbonyl (C=O) groups is 12. The lowest BCUT2D eigenvalue weighted by Gasteiger charge is -2.29. The Bertz CT molecular complexity index is 2230. The van der Waals surface area contributed by atoms with Crippen molar-refractivity contribution in [1.82, 2.24) is 47.9 Å². The third kappa shape index (κ3) is 29.4. The molecule has 0 aromatic heterocycles. The van der Waals surface area contributed by atoms with Crippen molar-refractivity contribution in [2.45, 2.75) is 216 Å². The molecule has 0 aromatic rings. The van der Waals surface area contributed by atoms with E-state index >= 15 is 0 Å². The van der Waals surface area contributed by atoms with Crippen LogP contribution in [0.1, 0.15) is 143 Å². The van der Waals surface area contributed by atoms with Crippen LogP contribution in [-0.4, -0.2) is 207 Å². The quantitative estimate of drug-likeness (QED) is 0.0140. The van der Waals surface area contributed by atoms with Gasteiger partial charge in [-0.1, -0.05) is 83.6 Å². The van der Waals surface area contributed by atoms with E-state index in [9.17, 15) is 88.2 Å². The van der Waals surface area contributed by atoms with Gasteiger partial charge in [-0.05, 0) is 72.0 Å². The second-order valence-corrected chi connectivity index (χ2v) is 20.9. The fraction of sp³-hybridized carbons (Fsp3) is 0.736. The number of nitrogens with two attached hydrogens (primary N) is 3. The lowest BCUT2D eigenvalue weighted by atomic mass is 10.0. The average Bonchev–Trinajstić information content (AvgIpc) is 3.46. The highest BCUT2D eigenvalue weighted by Gasteiger charge is 2.40. The van der Waals surface area contributed by atoms with Crippen LogP contribution in [0.4, 0.5) is 0 Å². The van der Waals surface area contributed by atoms with Crippen molar-refractivity contribution in [3.63, 3.8) is 0 Å². The summed E-state index contributed by atoms with van der Waals surface area (Å²) in [6, 6.07) is -16.0. The number of unbranched alkanes of at least 4 members (excludes halogenated alkanes) is 11. The van der Waals surface area contributed by atoms with Gasteiger partial charge in [-0.3, -0.25) is 47.9 Å². The van der Waals surface area contributed by atoms with Crippen LogP contribution in [0.2, 0.25) is 0 Å². The first kappa shape index (κ1) is 76.4. The van der Waals surface area contributed by atoms with Gasteiger partial charge in [0.1, 0.15) is 54.6 Å². The average molecular weight is 1240 g/mol. The minimum absolute atomic E-state index is 0.0457. The summed E-state index contributed by atoms with van der Waals surface area (Å²) < 4.78 is 5.35. The minimum Gasteiger partial charge on any atom is -0.481 e. The predicted molar refractivity (Wildman–Crippen MR) is 305 cm³/mol. The number of halogens is 1. The number of cyclic esters (lactones) is 1. The number of carboxylic acid groups (broad SMARTS) is 2. The molecule has 85 heavy (non-hydrogen) atoms. The van der Waals surface area contributed by atoms with Crippen molar-refractivity contribution >= 4 is 82.7 Å². The molecule has 1 heterocycles. The number of amides is 9. The number of aliphatic hydroxyl groups is 4. The molecule has 1 saturated heterocycles. The number of esters is 1. The maximum absolute atomic E-state index is 14.2. The van der Waals surface area contributed by atoms with Crippen LogP contribution in [0.3, 0.4) is 0 Å². The molecule has 0 aromatic carbocycles. The third-order valence-corrected chi connectivity index (χ3v) is 13.8. The summed E-state index contributed by atoms with van der Waals surface area (Å²) in [5, 5.41) is 82.3. The zero-order valence-electron chi connectivity index (χ0n) is 48.6. The number of hydrogen-bond donors (Lipinski definition) is 18. The Morgan fingerprint density at radius 2 is 1.11 bits per heavy atom. The van der Waals surface area contributed by atoms with E-state index in [1.807, 2.05) is 5.32 Å². The molecule has 0 aliphatic carbocycles. The topological polar surface area (TPSA) is 522 Å². The first-order valence-corrected chi connectivity index (χ1v) is 29.2. The van der Waals surface area contributed by atoms with Crippen LogP contribution < -0.4 is 65.1 Å². The van der Waals surface area contributed by atoms with Crippen molar-refractivity contribution in [2.75, 3.05) is 32.1 Å². The van der Waals surface area contributed by atoms with E-state index < -0.39 is 188 Å². The number of aliphatic hydroxyl groups excluding tert-OH is 4. The van der Waals surface area contributed by atoms with Gasteiger partial charge in [0.25, 0.3) is 5.91 Å². The number of nitrogens with one attached hydrogen (secondary N) is 9. The van der Waals surface area contributed by atoms with Crippen LogP contribution in [0.25, 0.3) is 0 Å². The number of carbonyl (C=O) groups excluding carboxylic acids is 10. The smallest absolute Gasteiger partial charge is 0.335 e. The number of aliphatic carboxylic acids is 2. The Morgan fingerprint density at radius 3 is 1.61 bits per heavy atom. The number of ether oxygens (including phenoxy) is 1. The summed E-state index contributed by atoms with van der Waals surface area (Å²) >= 11 is 5.90. The first-order valence-electron chi connectivity index (χ1n) is 28.7. The van der Waals surface area contributed by atoms with E-state index in [2.05, 4.69) is 49.5 Å². The van der Waals surface area contributed by atoms with Gasteiger partial charge in [0.15, 0.2) is 12.1 Å². The van der Waals surface area contributed by atoms with Crippen molar-refractivity contribution in [1.29, 1.82) is 0 Å². The first-order chi connectivity index (χ1) is 40.3. The fourth-order valence-electron chi connectivity index (χ4n) is 8.58. The Labute approximate surface area is 498 Å². The lowest BCUT2D eigenvalue weighted by molar-refractivity contribution is -0.153. The van der Waals surface area contributed by atoms with Gasteiger partial charge in [-0.2, -0.15) is 0 Å². The SMILES string of the molecule is C/C=C1/NC(=O)C([C@H](C)O)NC(=O)[C@H](CCN)NC(=O)C([C@H](O)C(=O)O)NC(=O)C(CCCCN)NC(=O)[C@H](CC(=O)O)NC(=O)C(CCN)NC(=O)C(NC(=O)C[C@@H](O)CCCCCCCCCCCCC)COC(=O)C([C@H](O)CCl)NC1=O. The monoisotopic (exact) mass is 1230 g/mol. The summed E-state index contributed by atoms with van der Waals surface area (Å²) in [5.41, 5.74) is 16.5. The van der Waals surface area contributed by atoms with E-state index in [1.54, 1.807) is 0 Å². The van der Waals surface area contributed by atoms with Gasteiger partial charge in [0.2, 0.25) is 47.3 Å². The molecule has 0 saturated carbocycles. The summed E-state index contributed by atoms with van der Waals surface area (Å²) in [5.74, 6) is -17.6. The summed E-state index contributed by atoms with van der Waals surface area (Å²) in [4.78, 5) is 163. The molecule has 12 atom stereocenters. The molecular formula is C53H91ClN12O19. The summed E-state index contributed by atoms with van der Waals surface area (Å²) in [7, 11) is 0. The highest BCUT2D eigenvalue weighted by molar-refractivity contribution is 6.18. The van der Waals surface area contributed by atoms with Crippen LogP contribution in [0, 0.1) is 0 Å². The molecule has 6 unspecified atom stereocenters. The maximum atomic E-state index is 14.2. The van der Waals surface area contributed by atoms with E-state index in [0.717, 1.165) is 57.9 Å².